The Morgan fingerprint density at radius 3 is 2.16 bits per heavy atom. The maximum absolute atomic E-state index is 11.4. The van der Waals surface area contributed by atoms with Crippen molar-refractivity contribution in [3.8, 4) is 0 Å². The number of hydrogen-bond acceptors (Lipinski definition) is 3. The minimum atomic E-state index is -0.722. The van der Waals surface area contributed by atoms with E-state index < -0.39 is 12.1 Å². The Labute approximate surface area is 114 Å². The minimum absolute atomic E-state index is 0.0805. The van der Waals surface area contributed by atoms with Crippen LogP contribution in [-0.2, 0) is 9.59 Å². The molecule has 0 fully saturated rings. The summed E-state index contributed by atoms with van der Waals surface area (Å²) in [6, 6.07) is -1.34. The van der Waals surface area contributed by atoms with Crippen LogP contribution >= 0.6 is 0 Å². The van der Waals surface area contributed by atoms with Crippen LogP contribution in [0, 0.1) is 0 Å². The second kappa shape index (κ2) is 12.7. The van der Waals surface area contributed by atoms with Gasteiger partial charge in [-0.05, 0) is 19.3 Å². The fourth-order valence-electron chi connectivity index (χ4n) is 1.35. The number of carbonyl (C=O) groups excluding carboxylic acids is 3. The average molecular weight is 274 g/mol. The van der Waals surface area contributed by atoms with E-state index in [-0.39, 0.29) is 11.8 Å². The van der Waals surface area contributed by atoms with E-state index in [0.29, 0.717) is 19.4 Å². The van der Waals surface area contributed by atoms with Crippen LogP contribution in [-0.4, -0.2) is 37.5 Å². The van der Waals surface area contributed by atoms with E-state index in [2.05, 4.69) is 16.0 Å². The molecule has 7 heteroatoms. The van der Waals surface area contributed by atoms with Crippen molar-refractivity contribution in [1.82, 2.24) is 16.0 Å². The van der Waals surface area contributed by atoms with Crippen LogP contribution < -0.4 is 21.7 Å². The molecular formula is C12H26N4O3. The van der Waals surface area contributed by atoms with Crippen molar-refractivity contribution in [3.63, 3.8) is 0 Å². The fourth-order valence-corrected chi connectivity index (χ4v) is 1.35. The Morgan fingerprint density at radius 1 is 1.16 bits per heavy atom. The number of hydrogen-bond donors (Lipinski definition) is 4. The van der Waals surface area contributed by atoms with E-state index in [1.807, 2.05) is 13.8 Å². The molecule has 0 aromatic heterocycles. The summed E-state index contributed by atoms with van der Waals surface area (Å²) in [5.41, 5.74) is 4.97. The standard InChI is InChI=1S/C10H20N4O3.C2H6/c1-7(15)13-6-4-3-5-8(9(16)12-2)14-10(11)17;1-2/h8H,3-6H2,1-2H3,(H,12,16)(H,13,15)(H3,11,14,17);1-2H3. The van der Waals surface area contributed by atoms with Gasteiger partial charge in [0.1, 0.15) is 6.04 Å². The van der Waals surface area contributed by atoms with Gasteiger partial charge >= 0.3 is 6.03 Å². The molecule has 5 N–H and O–H groups in total. The summed E-state index contributed by atoms with van der Waals surface area (Å²) in [5, 5.41) is 7.47. The molecule has 0 aromatic rings. The van der Waals surface area contributed by atoms with Crippen LogP contribution in [0.2, 0.25) is 0 Å². The van der Waals surface area contributed by atoms with Gasteiger partial charge in [-0.15, -0.1) is 0 Å². The molecule has 7 nitrogen and oxygen atoms in total. The van der Waals surface area contributed by atoms with Crippen molar-refractivity contribution in [2.24, 2.45) is 5.73 Å². The van der Waals surface area contributed by atoms with Gasteiger partial charge in [0.05, 0.1) is 0 Å². The number of rotatable bonds is 7. The Morgan fingerprint density at radius 2 is 1.74 bits per heavy atom. The van der Waals surface area contributed by atoms with Gasteiger partial charge in [0.2, 0.25) is 11.8 Å². The molecule has 0 aliphatic heterocycles. The lowest BCUT2D eigenvalue weighted by molar-refractivity contribution is -0.122. The van der Waals surface area contributed by atoms with Gasteiger partial charge in [-0.1, -0.05) is 13.8 Å². The summed E-state index contributed by atoms with van der Waals surface area (Å²) in [4.78, 5) is 32.6. The van der Waals surface area contributed by atoms with E-state index in [1.54, 1.807) is 0 Å². The van der Waals surface area contributed by atoms with Crippen molar-refractivity contribution in [3.05, 3.63) is 0 Å². The Kier molecular flexibility index (Phi) is 13.0. The third kappa shape index (κ3) is 12.5. The van der Waals surface area contributed by atoms with Gasteiger partial charge in [0.25, 0.3) is 0 Å². The van der Waals surface area contributed by atoms with Crippen molar-refractivity contribution >= 4 is 17.8 Å². The Balaban J connectivity index is 0. The summed E-state index contributed by atoms with van der Waals surface area (Å²) < 4.78 is 0. The molecule has 0 saturated heterocycles. The number of amides is 4. The van der Waals surface area contributed by atoms with E-state index in [0.717, 1.165) is 6.42 Å². The number of nitrogens with two attached hydrogens (primary N) is 1. The summed E-state index contributed by atoms with van der Waals surface area (Å²) in [6.07, 6.45) is 1.94. The number of carbonyl (C=O) groups is 3. The first-order valence-corrected chi connectivity index (χ1v) is 6.49. The maximum Gasteiger partial charge on any atom is 0.312 e. The highest BCUT2D eigenvalue weighted by Gasteiger charge is 2.17. The molecule has 0 aliphatic carbocycles. The summed E-state index contributed by atoms with van der Waals surface area (Å²) >= 11 is 0. The van der Waals surface area contributed by atoms with Crippen LogP contribution in [0.15, 0.2) is 0 Å². The minimum Gasteiger partial charge on any atom is -0.357 e. The third-order valence-corrected chi connectivity index (χ3v) is 2.17. The molecule has 0 aliphatic rings. The van der Waals surface area contributed by atoms with E-state index in [4.69, 9.17) is 5.73 Å². The van der Waals surface area contributed by atoms with Crippen LogP contribution in [0.4, 0.5) is 4.79 Å². The van der Waals surface area contributed by atoms with Crippen LogP contribution in [0.1, 0.15) is 40.0 Å². The normalized spacial score (nSPS) is 10.5. The predicted octanol–water partition coefficient (Wildman–Crippen LogP) is 0.102. The molecule has 1 unspecified atom stereocenters. The molecule has 0 spiro atoms. The largest absolute Gasteiger partial charge is 0.357 e. The second-order valence-electron chi connectivity index (χ2n) is 3.65. The molecule has 0 aromatic carbocycles. The third-order valence-electron chi connectivity index (χ3n) is 2.17. The zero-order chi connectivity index (χ0) is 15.3. The van der Waals surface area contributed by atoms with Crippen molar-refractivity contribution in [2.45, 2.75) is 46.1 Å². The smallest absolute Gasteiger partial charge is 0.312 e. The first-order valence-electron chi connectivity index (χ1n) is 6.49. The molecule has 0 rings (SSSR count). The van der Waals surface area contributed by atoms with Crippen molar-refractivity contribution < 1.29 is 14.4 Å². The molecule has 1 atom stereocenters. The lowest BCUT2D eigenvalue weighted by atomic mass is 10.1. The summed E-state index contributed by atoms with van der Waals surface area (Å²) in [5.74, 6) is -0.355. The van der Waals surface area contributed by atoms with Gasteiger partial charge < -0.3 is 21.7 Å². The van der Waals surface area contributed by atoms with Gasteiger partial charge in [-0.25, -0.2) is 4.79 Å². The molecule has 0 heterocycles. The zero-order valence-corrected chi connectivity index (χ0v) is 12.2. The highest BCUT2D eigenvalue weighted by molar-refractivity contribution is 5.86. The fraction of sp³-hybridized carbons (Fsp3) is 0.750. The highest BCUT2D eigenvalue weighted by atomic mass is 16.2. The lowest BCUT2D eigenvalue weighted by Crippen LogP contribution is -2.47. The number of primary amides is 1. The zero-order valence-electron chi connectivity index (χ0n) is 12.2. The number of likely N-dealkylation sites (N-methyl/N-ethyl adjacent to an activating group) is 1. The molecule has 4 amide bonds. The van der Waals surface area contributed by atoms with Gasteiger partial charge in [0.15, 0.2) is 0 Å². The van der Waals surface area contributed by atoms with Gasteiger partial charge in [-0.2, -0.15) is 0 Å². The SMILES string of the molecule is CC.CNC(=O)C(CCCCNC(C)=O)NC(N)=O. The number of nitrogens with one attached hydrogen (secondary N) is 3. The van der Waals surface area contributed by atoms with Gasteiger partial charge in [0, 0.05) is 20.5 Å². The topological polar surface area (TPSA) is 113 Å². The lowest BCUT2D eigenvalue weighted by Gasteiger charge is -2.15. The summed E-state index contributed by atoms with van der Waals surface area (Å²) in [6.45, 7) is 6.01. The first-order chi connectivity index (χ1) is 8.97. The van der Waals surface area contributed by atoms with Crippen LogP contribution in [0.25, 0.3) is 0 Å². The summed E-state index contributed by atoms with van der Waals surface area (Å²) in [7, 11) is 1.50. The molecule has 0 saturated carbocycles. The predicted molar refractivity (Wildman–Crippen MR) is 74.5 cm³/mol. The average Bonchev–Trinajstić information content (AvgIpc) is 2.37. The molecule has 112 valence electrons. The van der Waals surface area contributed by atoms with Crippen LogP contribution in [0.3, 0.4) is 0 Å². The highest BCUT2D eigenvalue weighted by Crippen LogP contribution is 2.00. The Bertz CT molecular complexity index is 282. The van der Waals surface area contributed by atoms with E-state index >= 15 is 0 Å². The van der Waals surface area contributed by atoms with E-state index in [1.165, 1.54) is 14.0 Å². The Hall–Kier alpha value is -1.79. The molecule has 0 radical (unpaired) electrons. The number of unbranched alkanes of at least 4 members (excludes halogenated alkanes) is 1. The molecular weight excluding hydrogens is 248 g/mol. The van der Waals surface area contributed by atoms with E-state index in [9.17, 15) is 14.4 Å². The first kappa shape index (κ1) is 19.5. The molecule has 0 bridgehead atoms. The maximum atomic E-state index is 11.4. The van der Waals surface area contributed by atoms with Crippen LogP contribution in [0.5, 0.6) is 0 Å². The van der Waals surface area contributed by atoms with Crippen molar-refractivity contribution in [2.75, 3.05) is 13.6 Å². The monoisotopic (exact) mass is 274 g/mol. The number of urea groups is 1. The quantitative estimate of drug-likeness (QED) is 0.494. The second-order valence-corrected chi connectivity index (χ2v) is 3.65. The van der Waals surface area contributed by atoms with Crippen molar-refractivity contribution in [1.29, 1.82) is 0 Å². The molecule has 19 heavy (non-hydrogen) atoms. The van der Waals surface area contributed by atoms with Gasteiger partial charge in [-0.3, -0.25) is 9.59 Å².